The Balaban J connectivity index is 1.96. The third-order valence-electron chi connectivity index (χ3n) is 5.46. The van der Waals surface area contributed by atoms with Crippen molar-refractivity contribution in [2.45, 2.75) is 84.7 Å². The molecule has 0 aromatic carbocycles. The fourth-order valence-corrected chi connectivity index (χ4v) is 3.65. The molecule has 0 bridgehead atoms. The smallest absolute Gasteiger partial charge is 0.00684 e. The van der Waals surface area contributed by atoms with E-state index >= 15 is 0 Å². The molecule has 0 radical (unpaired) electrons. The summed E-state index contributed by atoms with van der Waals surface area (Å²) in [6.45, 7) is 13.3. The van der Waals surface area contributed by atoms with Gasteiger partial charge in [0.25, 0.3) is 0 Å². The third kappa shape index (κ3) is 4.73. The van der Waals surface area contributed by atoms with Crippen molar-refractivity contribution < 1.29 is 0 Å². The van der Waals surface area contributed by atoms with E-state index in [-0.39, 0.29) is 0 Å². The van der Waals surface area contributed by atoms with Gasteiger partial charge in [0.1, 0.15) is 0 Å². The van der Waals surface area contributed by atoms with Gasteiger partial charge in [-0.15, -0.1) is 0 Å². The Morgan fingerprint density at radius 3 is 2.30 bits per heavy atom. The van der Waals surface area contributed by atoms with E-state index in [1.807, 2.05) is 0 Å². The molecule has 0 unspecified atom stereocenters. The minimum absolute atomic E-state index is 0.550. The average Bonchev–Trinajstić information content (AvgIpc) is 3.23. The van der Waals surface area contributed by atoms with Crippen LogP contribution in [0.2, 0.25) is 0 Å². The summed E-state index contributed by atoms with van der Waals surface area (Å²) in [7, 11) is 0. The van der Waals surface area contributed by atoms with E-state index in [1.54, 1.807) is 0 Å². The molecule has 0 aromatic heterocycles. The predicted molar refractivity (Wildman–Crippen MR) is 88.1 cm³/mol. The lowest BCUT2D eigenvalue weighted by atomic mass is 9.70. The number of rotatable bonds is 8. The Labute approximate surface area is 126 Å². The van der Waals surface area contributed by atoms with Gasteiger partial charge in [-0.25, -0.2) is 0 Å². The van der Waals surface area contributed by atoms with Crippen LogP contribution >= 0.6 is 0 Å². The first-order valence-electron chi connectivity index (χ1n) is 9.02. The van der Waals surface area contributed by atoms with Crippen molar-refractivity contribution in [2.75, 3.05) is 19.6 Å². The topological polar surface area (TPSA) is 15.3 Å². The van der Waals surface area contributed by atoms with Gasteiger partial charge in [0.15, 0.2) is 0 Å². The first-order valence-corrected chi connectivity index (χ1v) is 9.02. The van der Waals surface area contributed by atoms with E-state index in [4.69, 9.17) is 0 Å². The Hall–Kier alpha value is -0.0800. The van der Waals surface area contributed by atoms with Crippen LogP contribution in [0.25, 0.3) is 0 Å². The Bertz CT molecular complexity index is 275. The summed E-state index contributed by atoms with van der Waals surface area (Å²) in [4.78, 5) is 2.73. The van der Waals surface area contributed by atoms with Crippen molar-refractivity contribution in [3.8, 4) is 0 Å². The first kappa shape index (κ1) is 16.3. The molecule has 1 N–H and O–H groups in total. The lowest BCUT2D eigenvalue weighted by molar-refractivity contribution is 0.0701. The normalized spacial score (nSPS) is 31.2. The van der Waals surface area contributed by atoms with Crippen molar-refractivity contribution in [1.82, 2.24) is 10.2 Å². The van der Waals surface area contributed by atoms with Gasteiger partial charge in [-0.3, -0.25) is 0 Å². The molecule has 2 aliphatic carbocycles. The Morgan fingerprint density at radius 2 is 1.80 bits per heavy atom. The standard InChI is InChI=1S/C18H36N2/c1-5-12-20(15(2)3)14-18(13-19-17-6-7-17)10-8-16(4)9-11-18/h15-17,19H,5-14H2,1-4H3. The maximum Gasteiger partial charge on any atom is 0.00684 e. The molecule has 2 heteroatoms. The van der Waals surface area contributed by atoms with E-state index in [0.29, 0.717) is 11.5 Å². The number of hydrogen-bond acceptors (Lipinski definition) is 2. The summed E-state index contributed by atoms with van der Waals surface area (Å²) in [5, 5.41) is 3.84. The van der Waals surface area contributed by atoms with Crippen LogP contribution in [0.15, 0.2) is 0 Å². The minimum atomic E-state index is 0.550. The van der Waals surface area contributed by atoms with Gasteiger partial charge in [0.2, 0.25) is 0 Å². The quantitative estimate of drug-likeness (QED) is 0.721. The van der Waals surface area contributed by atoms with Crippen molar-refractivity contribution in [3.05, 3.63) is 0 Å². The molecule has 0 saturated heterocycles. The SMILES string of the molecule is CCCN(CC1(CNC2CC2)CCC(C)CC1)C(C)C. The van der Waals surface area contributed by atoms with Gasteiger partial charge < -0.3 is 10.2 Å². The van der Waals surface area contributed by atoms with Crippen LogP contribution < -0.4 is 5.32 Å². The van der Waals surface area contributed by atoms with E-state index in [0.717, 1.165) is 12.0 Å². The maximum absolute atomic E-state index is 3.84. The number of nitrogens with one attached hydrogen (secondary N) is 1. The summed E-state index contributed by atoms with van der Waals surface area (Å²) < 4.78 is 0. The van der Waals surface area contributed by atoms with Crippen molar-refractivity contribution in [3.63, 3.8) is 0 Å². The highest BCUT2D eigenvalue weighted by Crippen LogP contribution is 2.40. The molecule has 0 amide bonds. The fraction of sp³-hybridized carbons (Fsp3) is 1.00. The van der Waals surface area contributed by atoms with Gasteiger partial charge >= 0.3 is 0 Å². The molecule has 0 heterocycles. The first-order chi connectivity index (χ1) is 9.54. The molecule has 2 rings (SSSR count). The summed E-state index contributed by atoms with van der Waals surface area (Å²) in [5.41, 5.74) is 0.550. The molecule has 2 fully saturated rings. The zero-order chi connectivity index (χ0) is 14.6. The van der Waals surface area contributed by atoms with Crippen LogP contribution in [0.5, 0.6) is 0 Å². The second-order valence-corrected chi connectivity index (χ2v) is 7.90. The fourth-order valence-electron chi connectivity index (χ4n) is 3.65. The summed E-state index contributed by atoms with van der Waals surface area (Å²) in [5.74, 6) is 0.947. The lowest BCUT2D eigenvalue weighted by Crippen LogP contribution is -2.48. The monoisotopic (exact) mass is 280 g/mol. The van der Waals surface area contributed by atoms with Crippen LogP contribution in [0.1, 0.15) is 72.6 Å². The van der Waals surface area contributed by atoms with Crippen molar-refractivity contribution in [2.24, 2.45) is 11.3 Å². The molecule has 0 aromatic rings. The zero-order valence-corrected chi connectivity index (χ0v) is 14.3. The van der Waals surface area contributed by atoms with Gasteiger partial charge in [-0.05, 0) is 63.8 Å². The second kappa shape index (κ2) is 7.26. The van der Waals surface area contributed by atoms with Gasteiger partial charge in [-0.2, -0.15) is 0 Å². The van der Waals surface area contributed by atoms with Crippen LogP contribution in [0, 0.1) is 11.3 Å². The second-order valence-electron chi connectivity index (χ2n) is 7.90. The van der Waals surface area contributed by atoms with E-state index in [1.165, 1.54) is 64.6 Å². The van der Waals surface area contributed by atoms with Gasteiger partial charge in [-0.1, -0.05) is 26.7 Å². The van der Waals surface area contributed by atoms with Crippen LogP contribution in [0.3, 0.4) is 0 Å². The molecule has 20 heavy (non-hydrogen) atoms. The molecule has 2 nitrogen and oxygen atoms in total. The number of hydrogen-bond donors (Lipinski definition) is 1. The van der Waals surface area contributed by atoms with E-state index in [9.17, 15) is 0 Å². The summed E-state index contributed by atoms with van der Waals surface area (Å²) in [6.07, 6.45) is 9.84. The predicted octanol–water partition coefficient (Wildman–Crippen LogP) is 4.06. The highest BCUT2D eigenvalue weighted by molar-refractivity contribution is 4.93. The minimum Gasteiger partial charge on any atom is -0.313 e. The molecular weight excluding hydrogens is 244 g/mol. The van der Waals surface area contributed by atoms with Crippen molar-refractivity contribution >= 4 is 0 Å². The molecule has 2 saturated carbocycles. The van der Waals surface area contributed by atoms with Gasteiger partial charge in [0.05, 0.1) is 0 Å². The average molecular weight is 280 g/mol. The Kier molecular flexibility index (Phi) is 5.92. The van der Waals surface area contributed by atoms with Crippen LogP contribution in [0.4, 0.5) is 0 Å². The largest absolute Gasteiger partial charge is 0.313 e. The molecular formula is C18H36N2. The van der Waals surface area contributed by atoms with E-state index in [2.05, 4.69) is 37.9 Å². The molecule has 2 aliphatic rings. The zero-order valence-electron chi connectivity index (χ0n) is 14.3. The highest BCUT2D eigenvalue weighted by atomic mass is 15.2. The van der Waals surface area contributed by atoms with E-state index < -0.39 is 0 Å². The molecule has 0 spiro atoms. The van der Waals surface area contributed by atoms with Crippen LogP contribution in [-0.4, -0.2) is 36.6 Å². The van der Waals surface area contributed by atoms with Gasteiger partial charge in [0, 0.05) is 25.2 Å². The number of nitrogens with zero attached hydrogens (tertiary/aromatic N) is 1. The molecule has 0 atom stereocenters. The lowest BCUT2D eigenvalue weighted by Gasteiger charge is -2.44. The van der Waals surface area contributed by atoms with Crippen molar-refractivity contribution in [1.29, 1.82) is 0 Å². The van der Waals surface area contributed by atoms with Crippen LogP contribution in [-0.2, 0) is 0 Å². The molecule has 0 aliphatic heterocycles. The maximum atomic E-state index is 3.84. The summed E-state index contributed by atoms with van der Waals surface area (Å²) in [6, 6.07) is 1.54. The Morgan fingerprint density at radius 1 is 1.15 bits per heavy atom. The highest BCUT2D eigenvalue weighted by Gasteiger charge is 2.37. The third-order valence-corrected chi connectivity index (χ3v) is 5.46. The summed E-state index contributed by atoms with van der Waals surface area (Å²) >= 11 is 0. The molecule has 118 valence electrons.